The van der Waals surface area contributed by atoms with Gasteiger partial charge in [0.2, 0.25) is 0 Å². The summed E-state index contributed by atoms with van der Waals surface area (Å²) in [4.78, 5) is 6.61. The highest BCUT2D eigenvalue weighted by atomic mass is 19.1. The number of halogens is 1. The lowest BCUT2D eigenvalue weighted by atomic mass is 10.1. The number of pyridine rings is 1. The molecule has 0 spiro atoms. The van der Waals surface area contributed by atoms with Gasteiger partial charge in [0.25, 0.3) is 0 Å². The molecule has 1 aromatic heterocycles. The van der Waals surface area contributed by atoms with Crippen molar-refractivity contribution in [3.63, 3.8) is 0 Å². The Morgan fingerprint density at radius 2 is 2.20 bits per heavy atom. The van der Waals surface area contributed by atoms with Gasteiger partial charge in [-0.1, -0.05) is 20.3 Å². The molecule has 4 heteroatoms. The van der Waals surface area contributed by atoms with Crippen molar-refractivity contribution in [3.8, 4) is 0 Å². The first-order chi connectivity index (χ1) is 9.63. The molecule has 1 atom stereocenters. The molecule has 112 valence electrons. The highest BCUT2D eigenvalue weighted by Crippen LogP contribution is 2.23. The molecule has 0 saturated heterocycles. The summed E-state index contributed by atoms with van der Waals surface area (Å²) < 4.78 is 13.5. The van der Waals surface area contributed by atoms with E-state index < -0.39 is 0 Å². The molecule has 2 rings (SSSR count). The van der Waals surface area contributed by atoms with Gasteiger partial charge >= 0.3 is 0 Å². The maximum absolute atomic E-state index is 13.5. The monoisotopic (exact) mass is 279 g/mol. The number of aromatic nitrogens is 1. The van der Waals surface area contributed by atoms with Crippen LogP contribution in [-0.2, 0) is 6.54 Å². The Labute approximate surface area is 121 Å². The summed E-state index contributed by atoms with van der Waals surface area (Å²) in [7, 11) is 0. The van der Waals surface area contributed by atoms with Crippen LogP contribution in [0.3, 0.4) is 0 Å². The molecule has 0 aliphatic heterocycles. The second-order valence-electron chi connectivity index (χ2n) is 5.84. The Morgan fingerprint density at radius 1 is 1.45 bits per heavy atom. The number of rotatable bonds is 8. The highest BCUT2D eigenvalue weighted by molar-refractivity contribution is 5.47. The van der Waals surface area contributed by atoms with E-state index in [2.05, 4.69) is 36.0 Å². The normalized spacial score (nSPS) is 16.2. The molecule has 1 aliphatic carbocycles. The molecule has 1 aliphatic rings. The minimum Gasteiger partial charge on any atom is -0.356 e. The minimum atomic E-state index is -0.249. The Balaban J connectivity index is 2.13. The van der Waals surface area contributed by atoms with Crippen molar-refractivity contribution >= 4 is 5.82 Å². The van der Waals surface area contributed by atoms with E-state index in [9.17, 15) is 4.39 Å². The Hall–Kier alpha value is -1.16. The van der Waals surface area contributed by atoms with Crippen molar-refractivity contribution in [1.82, 2.24) is 10.3 Å². The van der Waals surface area contributed by atoms with Gasteiger partial charge in [-0.15, -0.1) is 0 Å². The lowest BCUT2D eigenvalue weighted by molar-refractivity contribution is 0.541. The van der Waals surface area contributed by atoms with E-state index in [1.54, 1.807) is 6.07 Å². The summed E-state index contributed by atoms with van der Waals surface area (Å²) in [5, 5.41) is 3.45. The second-order valence-corrected chi connectivity index (χ2v) is 5.84. The predicted molar refractivity (Wildman–Crippen MR) is 81.4 cm³/mol. The summed E-state index contributed by atoms with van der Waals surface area (Å²) in [5.74, 6) is 1.30. The Morgan fingerprint density at radius 3 is 2.80 bits per heavy atom. The van der Waals surface area contributed by atoms with Crippen LogP contribution in [0.25, 0.3) is 0 Å². The van der Waals surface area contributed by atoms with Gasteiger partial charge in [-0.25, -0.2) is 9.37 Å². The SMILES string of the molecule is CCC(C)CN(CC)c1ncc(F)cc1CNC1CC1. The number of hydrogen-bond donors (Lipinski definition) is 1. The van der Waals surface area contributed by atoms with E-state index >= 15 is 0 Å². The quantitative estimate of drug-likeness (QED) is 0.791. The molecule has 1 aromatic rings. The van der Waals surface area contributed by atoms with Gasteiger partial charge in [-0.2, -0.15) is 0 Å². The van der Waals surface area contributed by atoms with E-state index in [1.165, 1.54) is 19.0 Å². The van der Waals surface area contributed by atoms with Crippen molar-refractivity contribution in [3.05, 3.63) is 23.6 Å². The van der Waals surface area contributed by atoms with Crippen LogP contribution in [0.1, 0.15) is 45.6 Å². The Kier molecular flexibility index (Phi) is 5.35. The maximum Gasteiger partial charge on any atom is 0.141 e. The predicted octanol–water partition coefficient (Wildman–Crippen LogP) is 3.35. The molecule has 1 unspecified atom stereocenters. The zero-order valence-electron chi connectivity index (χ0n) is 12.8. The molecule has 0 amide bonds. The van der Waals surface area contributed by atoms with E-state index in [0.717, 1.165) is 30.9 Å². The third kappa shape index (κ3) is 4.17. The first kappa shape index (κ1) is 15.2. The topological polar surface area (TPSA) is 28.2 Å². The first-order valence-electron chi connectivity index (χ1n) is 7.76. The molecule has 1 N–H and O–H groups in total. The lowest BCUT2D eigenvalue weighted by Crippen LogP contribution is -2.30. The number of anilines is 1. The first-order valence-corrected chi connectivity index (χ1v) is 7.76. The van der Waals surface area contributed by atoms with Crippen LogP contribution in [0.15, 0.2) is 12.3 Å². The lowest BCUT2D eigenvalue weighted by Gasteiger charge is -2.27. The van der Waals surface area contributed by atoms with Gasteiger partial charge in [-0.05, 0) is 31.7 Å². The third-order valence-corrected chi connectivity index (χ3v) is 3.98. The molecule has 1 heterocycles. The molecular formula is C16H26FN3. The second kappa shape index (κ2) is 7.02. The van der Waals surface area contributed by atoms with E-state index in [4.69, 9.17) is 0 Å². The molecule has 20 heavy (non-hydrogen) atoms. The summed E-state index contributed by atoms with van der Waals surface area (Å²) in [6, 6.07) is 2.24. The fraction of sp³-hybridized carbons (Fsp3) is 0.688. The van der Waals surface area contributed by atoms with E-state index in [0.29, 0.717) is 18.5 Å². The molecule has 1 saturated carbocycles. The van der Waals surface area contributed by atoms with Gasteiger partial charge in [0.1, 0.15) is 11.6 Å². The van der Waals surface area contributed by atoms with E-state index in [-0.39, 0.29) is 5.82 Å². The average Bonchev–Trinajstić information content (AvgIpc) is 3.27. The van der Waals surface area contributed by atoms with Gasteiger partial charge in [-0.3, -0.25) is 0 Å². The smallest absolute Gasteiger partial charge is 0.141 e. The van der Waals surface area contributed by atoms with Gasteiger partial charge in [0.15, 0.2) is 0 Å². The van der Waals surface area contributed by atoms with Crippen molar-refractivity contribution in [2.45, 2.75) is 52.6 Å². The van der Waals surface area contributed by atoms with Gasteiger partial charge < -0.3 is 10.2 Å². The van der Waals surface area contributed by atoms with Crippen LogP contribution in [0.4, 0.5) is 10.2 Å². The number of nitrogens with one attached hydrogen (secondary N) is 1. The minimum absolute atomic E-state index is 0.249. The van der Waals surface area contributed by atoms with Gasteiger partial charge in [0.05, 0.1) is 6.20 Å². The maximum atomic E-state index is 13.5. The van der Waals surface area contributed by atoms with Crippen molar-refractivity contribution in [2.75, 3.05) is 18.0 Å². The number of nitrogens with zero attached hydrogens (tertiary/aromatic N) is 2. The summed E-state index contributed by atoms with van der Waals surface area (Å²) in [6.07, 6.45) is 4.95. The fourth-order valence-corrected chi connectivity index (χ4v) is 2.30. The molecule has 3 nitrogen and oxygen atoms in total. The van der Waals surface area contributed by atoms with Crippen LogP contribution in [0.2, 0.25) is 0 Å². The summed E-state index contributed by atoms with van der Waals surface area (Å²) in [6.45, 7) is 9.16. The van der Waals surface area contributed by atoms with Crippen LogP contribution < -0.4 is 10.2 Å². The fourth-order valence-electron chi connectivity index (χ4n) is 2.30. The van der Waals surface area contributed by atoms with E-state index in [1.807, 2.05) is 0 Å². The summed E-state index contributed by atoms with van der Waals surface area (Å²) >= 11 is 0. The van der Waals surface area contributed by atoms with Crippen LogP contribution in [-0.4, -0.2) is 24.1 Å². The molecule has 0 radical (unpaired) electrons. The van der Waals surface area contributed by atoms with Crippen molar-refractivity contribution < 1.29 is 4.39 Å². The standard InChI is InChI=1S/C16H26FN3/c1-4-12(3)11-20(5-2)16-13(8-14(17)10-19-16)9-18-15-6-7-15/h8,10,12,15,18H,4-7,9,11H2,1-3H3. The average molecular weight is 279 g/mol. The molecule has 1 fully saturated rings. The summed E-state index contributed by atoms with van der Waals surface area (Å²) in [5.41, 5.74) is 0.974. The third-order valence-electron chi connectivity index (χ3n) is 3.98. The molecular weight excluding hydrogens is 253 g/mol. The van der Waals surface area contributed by atoms with Crippen LogP contribution in [0, 0.1) is 11.7 Å². The zero-order chi connectivity index (χ0) is 14.5. The Bertz CT molecular complexity index is 432. The zero-order valence-corrected chi connectivity index (χ0v) is 12.8. The van der Waals surface area contributed by atoms with Crippen LogP contribution in [0.5, 0.6) is 0 Å². The molecule has 0 aromatic carbocycles. The van der Waals surface area contributed by atoms with Crippen molar-refractivity contribution in [2.24, 2.45) is 5.92 Å². The van der Waals surface area contributed by atoms with Crippen molar-refractivity contribution in [1.29, 1.82) is 0 Å². The largest absolute Gasteiger partial charge is 0.356 e. The number of hydrogen-bond acceptors (Lipinski definition) is 3. The molecule has 0 bridgehead atoms. The highest BCUT2D eigenvalue weighted by Gasteiger charge is 2.22. The van der Waals surface area contributed by atoms with Crippen LogP contribution >= 0.6 is 0 Å². The van der Waals surface area contributed by atoms with Gasteiger partial charge in [0, 0.05) is 31.2 Å².